The summed E-state index contributed by atoms with van der Waals surface area (Å²) in [6.45, 7) is 2.54. The van der Waals surface area contributed by atoms with Crippen LogP contribution >= 0.6 is 0 Å². The lowest BCUT2D eigenvalue weighted by molar-refractivity contribution is 0.311. The maximum atomic E-state index is 6.23. The van der Waals surface area contributed by atoms with Gasteiger partial charge in [0.2, 0.25) is 0 Å². The van der Waals surface area contributed by atoms with Gasteiger partial charge in [-0.2, -0.15) is 0 Å². The molecule has 0 spiro atoms. The summed E-state index contributed by atoms with van der Waals surface area (Å²) in [5, 5.41) is 0.819. The van der Waals surface area contributed by atoms with Gasteiger partial charge < -0.3 is 15.2 Å². The van der Waals surface area contributed by atoms with Gasteiger partial charge in [-0.15, -0.1) is 0 Å². The van der Waals surface area contributed by atoms with Gasteiger partial charge in [0.15, 0.2) is 17.1 Å². The number of hydrogen-bond acceptors (Lipinski definition) is 6. The maximum absolute atomic E-state index is 6.23. The number of benzene rings is 1. The molecular weight excluding hydrogens is 328 g/mol. The molecule has 0 saturated carbocycles. The average molecular weight is 350 g/mol. The zero-order chi connectivity index (χ0) is 18.1. The summed E-state index contributed by atoms with van der Waals surface area (Å²) in [5.41, 5.74) is 11.3. The Kier molecular flexibility index (Phi) is 4.32. The Labute approximate surface area is 152 Å². The Bertz CT molecular complexity index is 972. The first-order valence-electron chi connectivity index (χ1n) is 8.96. The highest BCUT2D eigenvalue weighted by Gasteiger charge is 2.22. The first-order chi connectivity index (χ1) is 12.7. The van der Waals surface area contributed by atoms with Crippen LogP contribution in [-0.2, 0) is 12.8 Å². The molecule has 2 aromatic heterocycles. The van der Waals surface area contributed by atoms with Gasteiger partial charge in [0, 0.05) is 11.3 Å². The zero-order valence-corrected chi connectivity index (χ0v) is 15.1. The van der Waals surface area contributed by atoms with Crippen LogP contribution in [0.1, 0.15) is 31.0 Å². The van der Waals surface area contributed by atoms with Crippen LogP contribution in [-0.4, -0.2) is 28.7 Å². The van der Waals surface area contributed by atoms with Crippen molar-refractivity contribution >= 4 is 16.9 Å². The summed E-state index contributed by atoms with van der Waals surface area (Å²) < 4.78 is 11.2. The predicted molar refractivity (Wildman–Crippen MR) is 102 cm³/mol. The number of aromatic nitrogens is 3. The van der Waals surface area contributed by atoms with Crippen molar-refractivity contribution in [3.63, 3.8) is 0 Å². The van der Waals surface area contributed by atoms with Gasteiger partial charge in [0.25, 0.3) is 0 Å². The lowest BCUT2D eigenvalue weighted by atomic mass is 9.87. The molecular formula is C20H22N4O2. The van der Waals surface area contributed by atoms with E-state index in [1.54, 1.807) is 7.11 Å². The van der Waals surface area contributed by atoms with Crippen molar-refractivity contribution in [2.75, 3.05) is 19.5 Å². The Balaban J connectivity index is 2.01. The van der Waals surface area contributed by atoms with Crippen LogP contribution < -0.4 is 15.2 Å². The quantitative estimate of drug-likeness (QED) is 0.774. The van der Waals surface area contributed by atoms with Gasteiger partial charge in [-0.25, -0.2) is 15.0 Å². The second-order valence-electron chi connectivity index (χ2n) is 6.38. The third-order valence-electron chi connectivity index (χ3n) is 4.84. The molecule has 0 atom stereocenters. The van der Waals surface area contributed by atoms with Crippen molar-refractivity contribution in [1.82, 2.24) is 15.0 Å². The molecule has 0 bridgehead atoms. The number of rotatable bonds is 4. The number of methoxy groups -OCH3 is 1. The molecule has 0 amide bonds. The lowest BCUT2D eigenvalue weighted by Crippen LogP contribution is -2.10. The maximum Gasteiger partial charge on any atom is 0.165 e. The minimum atomic E-state index is 0.457. The normalized spacial score (nSPS) is 13.5. The van der Waals surface area contributed by atoms with E-state index in [0.29, 0.717) is 23.8 Å². The van der Waals surface area contributed by atoms with Crippen LogP contribution in [0.25, 0.3) is 22.2 Å². The highest BCUT2D eigenvalue weighted by atomic mass is 16.5. The number of nitrogens with two attached hydrogens (primary N) is 1. The number of anilines is 1. The topological polar surface area (TPSA) is 83.2 Å². The molecule has 2 N–H and O–H groups in total. The van der Waals surface area contributed by atoms with Crippen LogP contribution in [0.4, 0.5) is 5.82 Å². The Morgan fingerprint density at radius 1 is 1.12 bits per heavy atom. The van der Waals surface area contributed by atoms with Gasteiger partial charge in [0.05, 0.1) is 19.1 Å². The molecule has 1 aromatic carbocycles. The summed E-state index contributed by atoms with van der Waals surface area (Å²) in [7, 11) is 1.65. The lowest BCUT2D eigenvalue weighted by Gasteiger charge is -2.21. The van der Waals surface area contributed by atoms with E-state index in [1.807, 2.05) is 25.1 Å². The van der Waals surface area contributed by atoms with Gasteiger partial charge in [-0.1, -0.05) is 6.07 Å². The third-order valence-corrected chi connectivity index (χ3v) is 4.84. The van der Waals surface area contributed by atoms with Crippen molar-refractivity contribution in [1.29, 1.82) is 0 Å². The molecule has 0 saturated heterocycles. The fraction of sp³-hybridized carbons (Fsp3) is 0.350. The van der Waals surface area contributed by atoms with Crippen molar-refractivity contribution in [3.8, 4) is 22.6 Å². The third kappa shape index (κ3) is 2.71. The van der Waals surface area contributed by atoms with Gasteiger partial charge in [-0.3, -0.25) is 0 Å². The molecule has 6 nitrogen and oxygen atoms in total. The summed E-state index contributed by atoms with van der Waals surface area (Å²) in [6.07, 6.45) is 5.73. The van der Waals surface area contributed by atoms with Crippen LogP contribution in [0.3, 0.4) is 0 Å². The number of fused-ring (bicyclic) bond motifs is 2. The van der Waals surface area contributed by atoms with Gasteiger partial charge >= 0.3 is 0 Å². The van der Waals surface area contributed by atoms with Crippen LogP contribution in [0, 0.1) is 0 Å². The highest BCUT2D eigenvalue weighted by Crippen LogP contribution is 2.40. The van der Waals surface area contributed by atoms with E-state index < -0.39 is 0 Å². The Morgan fingerprint density at radius 2 is 1.96 bits per heavy atom. The second-order valence-corrected chi connectivity index (χ2v) is 6.38. The number of pyridine rings is 1. The Hall–Kier alpha value is -2.89. The molecule has 1 aliphatic rings. The number of hydrogen-bond donors (Lipinski definition) is 1. The van der Waals surface area contributed by atoms with Crippen LogP contribution in [0.5, 0.6) is 11.5 Å². The van der Waals surface area contributed by atoms with E-state index in [1.165, 1.54) is 11.9 Å². The minimum Gasteiger partial charge on any atom is -0.493 e. The molecule has 3 aromatic rings. The second kappa shape index (κ2) is 6.78. The standard InChI is InChI=1S/C20H22N4O2/c1-3-26-15-9-8-12(10-16(15)25-2)17-13-6-4-5-7-14(13)24-20-18(17)19(21)22-11-23-20/h8-11H,3-7H2,1-2H3,(H2,21,22,23,24). The van der Waals surface area contributed by atoms with E-state index in [2.05, 4.69) is 9.97 Å². The highest BCUT2D eigenvalue weighted by molar-refractivity contribution is 6.01. The van der Waals surface area contributed by atoms with Crippen LogP contribution in [0.2, 0.25) is 0 Å². The number of nitrogens with zero attached hydrogens (tertiary/aromatic N) is 3. The first kappa shape index (κ1) is 16.6. The zero-order valence-electron chi connectivity index (χ0n) is 15.1. The summed E-state index contributed by atoms with van der Waals surface area (Å²) in [4.78, 5) is 13.3. The molecule has 4 rings (SSSR count). The predicted octanol–water partition coefficient (Wildman–Crippen LogP) is 3.56. The van der Waals surface area contributed by atoms with E-state index in [4.69, 9.17) is 20.2 Å². The summed E-state index contributed by atoms with van der Waals surface area (Å²) in [6, 6.07) is 5.99. The molecule has 0 radical (unpaired) electrons. The van der Waals surface area contributed by atoms with Crippen molar-refractivity contribution in [2.24, 2.45) is 0 Å². The summed E-state index contributed by atoms with van der Waals surface area (Å²) in [5.74, 6) is 1.89. The first-order valence-corrected chi connectivity index (χ1v) is 8.96. The largest absolute Gasteiger partial charge is 0.493 e. The number of ether oxygens (including phenoxy) is 2. The minimum absolute atomic E-state index is 0.457. The molecule has 26 heavy (non-hydrogen) atoms. The van der Waals surface area contributed by atoms with E-state index in [9.17, 15) is 0 Å². The fourth-order valence-corrected chi connectivity index (χ4v) is 3.69. The molecule has 6 heteroatoms. The number of nitrogen functional groups attached to an aromatic ring is 1. The molecule has 134 valence electrons. The summed E-state index contributed by atoms with van der Waals surface area (Å²) >= 11 is 0. The van der Waals surface area contributed by atoms with Crippen molar-refractivity contribution in [3.05, 3.63) is 35.8 Å². The Morgan fingerprint density at radius 3 is 2.77 bits per heavy atom. The molecule has 1 aliphatic carbocycles. The van der Waals surface area contributed by atoms with E-state index in [0.717, 1.165) is 53.6 Å². The van der Waals surface area contributed by atoms with E-state index in [-0.39, 0.29) is 0 Å². The van der Waals surface area contributed by atoms with Crippen molar-refractivity contribution in [2.45, 2.75) is 32.6 Å². The van der Waals surface area contributed by atoms with Gasteiger partial charge in [-0.05, 0) is 55.9 Å². The molecule has 2 heterocycles. The smallest absolute Gasteiger partial charge is 0.165 e. The molecule has 0 fully saturated rings. The molecule has 0 unspecified atom stereocenters. The monoisotopic (exact) mass is 350 g/mol. The SMILES string of the molecule is CCOc1ccc(-c2c3c(nc4ncnc(N)c24)CCCC3)cc1OC. The average Bonchev–Trinajstić information content (AvgIpc) is 2.67. The number of aryl methyl sites for hydroxylation is 1. The van der Waals surface area contributed by atoms with Crippen molar-refractivity contribution < 1.29 is 9.47 Å². The van der Waals surface area contributed by atoms with Gasteiger partial charge in [0.1, 0.15) is 12.1 Å². The molecule has 0 aliphatic heterocycles. The van der Waals surface area contributed by atoms with Crippen LogP contribution in [0.15, 0.2) is 24.5 Å². The van der Waals surface area contributed by atoms with E-state index >= 15 is 0 Å². The fourth-order valence-electron chi connectivity index (χ4n) is 3.69.